The van der Waals surface area contributed by atoms with Crippen molar-refractivity contribution in [2.45, 2.75) is 92.7 Å². The summed E-state index contributed by atoms with van der Waals surface area (Å²) in [4.78, 5) is 4.43. The van der Waals surface area contributed by atoms with E-state index in [2.05, 4.69) is 18.2 Å². The van der Waals surface area contributed by atoms with Crippen molar-refractivity contribution in [3.63, 3.8) is 0 Å². The van der Waals surface area contributed by atoms with Crippen LogP contribution in [0.15, 0.2) is 70.4 Å². The Bertz CT molecular complexity index is 931. The molecule has 190 valence electrons. The topological polar surface area (TPSA) is 12.4 Å². The summed E-state index contributed by atoms with van der Waals surface area (Å²) < 4.78 is 41.3. The fourth-order valence-corrected chi connectivity index (χ4v) is 3.38. The standard InChI is InChI=1S/C15H21F3.C14H20ClN/c1-5-11-8-7-9-13(15(4,17)18)12(11)10-14(3,16)6-2;1-7-10(3)14(9-11(4)15)13(6)16-12(5)8-2/h7-9H,5-6,10H2,1-4H3;7,9H,4-5,8H2,1-3,6H3/b;10-7-,14-9+,16-13?. The lowest BCUT2D eigenvalue weighted by atomic mass is 9.87. The molecule has 1 aromatic rings. The van der Waals surface area contributed by atoms with Gasteiger partial charge in [-0.3, -0.25) is 4.99 Å². The first-order chi connectivity index (χ1) is 15.6. The monoisotopic (exact) mass is 495 g/mol. The van der Waals surface area contributed by atoms with E-state index in [0.29, 0.717) is 23.4 Å². The molecular formula is C29H41ClF3N. The second-order valence-corrected chi connectivity index (χ2v) is 9.21. The van der Waals surface area contributed by atoms with Crippen molar-refractivity contribution in [3.05, 3.63) is 82.1 Å². The van der Waals surface area contributed by atoms with Crippen molar-refractivity contribution in [1.82, 2.24) is 0 Å². The third-order valence-corrected chi connectivity index (χ3v) is 5.80. The maximum atomic E-state index is 14.1. The highest BCUT2D eigenvalue weighted by atomic mass is 35.5. The first kappa shape index (κ1) is 31.9. The molecule has 1 rings (SSSR count). The van der Waals surface area contributed by atoms with Crippen LogP contribution in [-0.4, -0.2) is 11.4 Å². The van der Waals surface area contributed by atoms with Gasteiger partial charge in [-0.2, -0.15) is 0 Å². The van der Waals surface area contributed by atoms with Gasteiger partial charge in [-0.15, -0.1) is 0 Å². The van der Waals surface area contributed by atoms with Crippen molar-refractivity contribution >= 4 is 17.3 Å². The maximum absolute atomic E-state index is 14.1. The summed E-state index contributed by atoms with van der Waals surface area (Å²) in [7, 11) is 0. The van der Waals surface area contributed by atoms with Crippen LogP contribution in [0.4, 0.5) is 13.2 Å². The molecular weight excluding hydrogens is 455 g/mol. The number of rotatable bonds is 10. The molecule has 0 aromatic heterocycles. The molecule has 0 bridgehead atoms. The fraction of sp³-hybridized carbons (Fsp3) is 0.483. The van der Waals surface area contributed by atoms with Crippen LogP contribution in [0.25, 0.3) is 0 Å². The largest absolute Gasteiger partial charge is 0.270 e. The molecule has 1 atom stereocenters. The second kappa shape index (κ2) is 14.4. The van der Waals surface area contributed by atoms with Crippen LogP contribution in [0.2, 0.25) is 0 Å². The lowest BCUT2D eigenvalue weighted by Gasteiger charge is -2.24. The molecule has 0 aliphatic heterocycles. The van der Waals surface area contributed by atoms with Gasteiger partial charge in [-0.25, -0.2) is 13.2 Å². The molecule has 0 saturated heterocycles. The van der Waals surface area contributed by atoms with Crippen LogP contribution in [0.1, 0.15) is 84.9 Å². The lowest BCUT2D eigenvalue weighted by molar-refractivity contribution is 0.0157. The Kier molecular flexibility index (Phi) is 13.5. The first-order valence-corrected chi connectivity index (χ1v) is 12.1. The minimum atomic E-state index is -2.93. The Hall–Kier alpha value is -2.07. The number of hydrogen-bond donors (Lipinski definition) is 0. The van der Waals surface area contributed by atoms with E-state index in [9.17, 15) is 13.2 Å². The molecule has 0 fully saturated rings. The lowest BCUT2D eigenvalue weighted by Crippen LogP contribution is -2.24. The third-order valence-electron chi connectivity index (χ3n) is 5.69. The van der Waals surface area contributed by atoms with E-state index >= 15 is 0 Å². The number of nitrogens with zero attached hydrogens (tertiary/aromatic N) is 1. The Labute approximate surface area is 210 Å². The van der Waals surface area contributed by atoms with E-state index in [1.54, 1.807) is 19.1 Å². The number of allylic oxidation sites excluding steroid dienone is 6. The molecule has 0 aliphatic carbocycles. The van der Waals surface area contributed by atoms with Crippen molar-refractivity contribution in [3.8, 4) is 0 Å². The quantitative estimate of drug-likeness (QED) is 0.226. The predicted octanol–water partition coefficient (Wildman–Crippen LogP) is 10.1. The molecule has 0 N–H and O–H groups in total. The highest BCUT2D eigenvalue weighted by Crippen LogP contribution is 2.35. The summed E-state index contributed by atoms with van der Waals surface area (Å²) in [6, 6.07) is 4.83. The van der Waals surface area contributed by atoms with E-state index in [1.807, 2.05) is 46.8 Å². The van der Waals surface area contributed by atoms with Crippen LogP contribution in [-0.2, 0) is 18.8 Å². The number of hydrogen-bond acceptors (Lipinski definition) is 1. The summed E-state index contributed by atoms with van der Waals surface area (Å²) in [6.07, 6.45) is 5.71. The molecule has 0 spiro atoms. The Morgan fingerprint density at radius 2 is 1.68 bits per heavy atom. The van der Waals surface area contributed by atoms with Crippen LogP contribution in [0.5, 0.6) is 0 Å². The molecule has 1 nitrogen and oxygen atoms in total. The fourth-order valence-electron chi connectivity index (χ4n) is 3.27. The molecule has 0 amide bonds. The minimum Gasteiger partial charge on any atom is -0.258 e. The van der Waals surface area contributed by atoms with Gasteiger partial charge in [0.05, 0.1) is 0 Å². The SMILES string of the molecule is C=C(Cl)/C=C(C(C)=NC(=C)CC)\C(C)=C/C.CCc1cccc(C(C)(F)F)c1CC(C)(F)CC. The van der Waals surface area contributed by atoms with Crippen LogP contribution < -0.4 is 0 Å². The van der Waals surface area contributed by atoms with E-state index in [1.165, 1.54) is 13.0 Å². The van der Waals surface area contributed by atoms with Crippen molar-refractivity contribution in [2.24, 2.45) is 4.99 Å². The highest BCUT2D eigenvalue weighted by molar-refractivity contribution is 6.31. The Morgan fingerprint density at radius 1 is 1.09 bits per heavy atom. The minimum absolute atomic E-state index is 0.0424. The van der Waals surface area contributed by atoms with Crippen LogP contribution in [0.3, 0.4) is 0 Å². The van der Waals surface area contributed by atoms with Gasteiger partial charge in [0, 0.05) is 35.3 Å². The average Bonchev–Trinajstić information content (AvgIpc) is 2.76. The zero-order valence-corrected chi connectivity index (χ0v) is 22.8. The van der Waals surface area contributed by atoms with Gasteiger partial charge in [0.2, 0.25) is 0 Å². The number of aliphatic imine (C=N–C) groups is 1. The zero-order valence-electron chi connectivity index (χ0n) is 22.1. The van der Waals surface area contributed by atoms with Gasteiger partial charge >= 0.3 is 0 Å². The maximum Gasteiger partial charge on any atom is 0.270 e. The van der Waals surface area contributed by atoms with Crippen molar-refractivity contribution in [2.75, 3.05) is 0 Å². The van der Waals surface area contributed by atoms with E-state index in [-0.39, 0.29) is 12.0 Å². The zero-order chi connectivity index (χ0) is 26.7. The molecule has 34 heavy (non-hydrogen) atoms. The summed E-state index contributed by atoms with van der Waals surface area (Å²) in [5, 5.41) is 0.507. The van der Waals surface area contributed by atoms with E-state index in [0.717, 1.165) is 41.5 Å². The molecule has 0 aliphatic rings. The van der Waals surface area contributed by atoms with Crippen LogP contribution in [0, 0.1) is 0 Å². The summed E-state index contributed by atoms with van der Waals surface area (Å²) in [5.74, 6) is -2.93. The smallest absolute Gasteiger partial charge is 0.258 e. The number of benzene rings is 1. The average molecular weight is 496 g/mol. The van der Waals surface area contributed by atoms with Crippen molar-refractivity contribution < 1.29 is 13.2 Å². The Morgan fingerprint density at radius 3 is 2.09 bits per heavy atom. The normalized spacial score (nSPS) is 14.8. The first-order valence-electron chi connectivity index (χ1n) is 11.7. The van der Waals surface area contributed by atoms with Gasteiger partial charge < -0.3 is 0 Å². The molecule has 5 heteroatoms. The summed E-state index contributed by atoms with van der Waals surface area (Å²) >= 11 is 5.81. The van der Waals surface area contributed by atoms with Crippen molar-refractivity contribution in [1.29, 1.82) is 0 Å². The van der Waals surface area contributed by atoms with E-state index < -0.39 is 11.6 Å². The predicted molar refractivity (Wildman–Crippen MR) is 144 cm³/mol. The second-order valence-electron chi connectivity index (χ2n) is 8.72. The number of aryl methyl sites for hydroxylation is 1. The summed E-state index contributed by atoms with van der Waals surface area (Å²) in [5.41, 5.74) is 3.73. The molecule has 0 radical (unpaired) electrons. The van der Waals surface area contributed by atoms with Gasteiger partial charge in [0.15, 0.2) is 0 Å². The third kappa shape index (κ3) is 10.9. The van der Waals surface area contributed by atoms with Gasteiger partial charge in [0.25, 0.3) is 5.92 Å². The molecule has 0 saturated carbocycles. The molecule has 1 unspecified atom stereocenters. The molecule has 1 aromatic carbocycles. The number of halogens is 4. The number of alkyl halides is 3. The summed E-state index contributed by atoms with van der Waals surface area (Å²) in [6.45, 7) is 21.5. The van der Waals surface area contributed by atoms with Gasteiger partial charge in [-0.1, -0.05) is 69.8 Å². The van der Waals surface area contributed by atoms with Gasteiger partial charge in [-0.05, 0) is 75.3 Å². The Balaban J connectivity index is 0.000000646. The van der Waals surface area contributed by atoms with Gasteiger partial charge in [0.1, 0.15) is 5.67 Å². The van der Waals surface area contributed by atoms with Crippen LogP contribution >= 0.6 is 11.6 Å². The highest BCUT2D eigenvalue weighted by Gasteiger charge is 2.32. The van der Waals surface area contributed by atoms with E-state index in [4.69, 9.17) is 11.6 Å². The molecule has 0 heterocycles.